The minimum atomic E-state index is -1.03. The average Bonchev–Trinajstić information content (AvgIpc) is 2.38. The second-order valence-electron chi connectivity index (χ2n) is 5.16. The Bertz CT molecular complexity index is 357. The van der Waals surface area contributed by atoms with Crippen molar-refractivity contribution in [3.63, 3.8) is 0 Å². The van der Waals surface area contributed by atoms with E-state index >= 15 is 0 Å². The first-order chi connectivity index (χ1) is 8.99. The summed E-state index contributed by atoms with van der Waals surface area (Å²) in [6.45, 7) is 2.05. The molecule has 0 bridgehead atoms. The Labute approximate surface area is 128 Å². The van der Waals surface area contributed by atoms with Gasteiger partial charge in [0, 0.05) is 0 Å². The summed E-state index contributed by atoms with van der Waals surface area (Å²) < 4.78 is 2.44. The van der Waals surface area contributed by atoms with Crippen LogP contribution in [0.3, 0.4) is 0 Å². The molecule has 0 saturated heterocycles. The van der Waals surface area contributed by atoms with Crippen molar-refractivity contribution in [1.29, 1.82) is 0 Å². The topological polar surface area (TPSA) is 55.3 Å². The number of hydrogen-bond acceptors (Lipinski definition) is 2. The molecule has 0 amide bonds. The summed E-state index contributed by atoms with van der Waals surface area (Å²) in [5.41, 5.74) is 9.28. The molecule has 0 heterocycles. The quantitative estimate of drug-likeness (QED) is 0.484. The number of hydrogen-bond donors (Lipinski definition) is 2. The van der Waals surface area contributed by atoms with Gasteiger partial charge in [-0.1, -0.05) is 0 Å². The molecule has 1 aromatic carbocycles. The van der Waals surface area contributed by atoms with Crippen molar-refractivity contribution in [2.75, 3.05) is 45.7 Å². The molecule has 0 aromatic heterocycles. The molecule has 1 rings (SSSR count). The van der Waals surface area contributed by atoms with E-state index in [-0.39, 0.29) is 0 Å². The van der Waals surface area contributed by atoms with Crippen LogP contribution in [0.15, 0.2) is 24.3 Å². The average molecular weight is 364 g/mol. The zero-order chi connectivity index (χ0) is 14.3. The van der Waals surface area contributed by atoms with E-state index in [0.29, 0.717) is 0 Å². The van der Waals surface area contributed by atoms with E-state index in [0.717, 1.165) is 17.6 Å². The summed E-state index contributed by atoms with van der Waals surface area (Å²) in [4.78, 5) is 0. The molecule has 6 N–H and O–H groups in total. The van der Waals surface area contributed by atoms with Gasteiger partial charge < -0.3 is 0 Å². The van der Waals surface area contributed by atoms with E-state index in [4.69, 9.17) is 0 Å². The first-order valence-electron chi connectivity index (χ1n) is 6.55. The Hall–Kier alpha value is 0.358. The van der Waals surface area contributed by atoms with Crippen molar-refractivity contribution in [2.24, 2.45) is 0 Å². The van der Waals surface area contributed by atoms with E-state index in [9.17, 15) is 0 Å². The molecule has 0 aliphatic rings. The fourth-order valence-corrected chi connectivity index (χ4v) is 14.1. The van der Waals surface area contributed by atoms with Crippen molar-refractivity contribution in [1.82, 2.24) is 4.48 Å². The molecule has 0 aliphatic carbocycles. The van der Waals surface area contributed by atoms with Gasteiger partial charge in [0.2, 0.25) is 0 Å². The number of benzene rings is 1. The Balaban J connectivity index is 2.78. The van der Waals surface area contributed by atoms with Crippen LogP contribution in [0.25, 0.3) is 0 Å². The van der Waals surface area contributed by atoms with Gasteiger partial charge in [0.25, 0.3) is 0 Å². The number of nitrogens with zero attached hydrogens (tertiary/aromatic N) is 1. The van der Waals surface area contributed by atoms with Gasteiger partial charge >= 0.3 is 128 Å². The Morgan fingerprint density at radius 2 is 1.42 bits per heavy atom. The van der Waals surface area contributed by atoms with E-state index in [1.165, 1.54) is 17.2 Å². The molecule has 0 fully saturated rings. The number of quaternary nitrogens is 3. The molecule has 3 nitrogen and oxygen atoms in total. The van der Waals surface area contributed by atoms with Gasteiger partial charge in [0.05, 0.1) is 0 Å². The third-order valence-corrected chi connectivity index (χ3v) is 16.2. The minimum absolute atomic E-state index is 0.880. The van der Waals surface area contributed by atoms with Crippen LogP contribution in [0.5, 0.6) is 0 Å². The van der Waals surface area contributed by atoms with Gasteiger partial charge in [-0.2, -0.15) is 0 Å². The molecule has 0 aliphatic heterocycles. The fourth-order valence-electron chi connectivity index (χ4n) is 1.50. The predicted molar refractivity (Wildman–Crippen MR) is 91.8 cm³/mol. The third kappa shape index (κ3) is 6.11. The molecule has 1 aromatic rings. The van der Waals surface area contributed by atoms with Gasteiger partial charge in [-0.3, -0.25) is 0 Å². The van der Waals surface area contributed by atoms with Gasteiger partial charge in [-0.25, -0.2) is 0 Å². The molecule has 6 heteroatoms. The monoisotopic (exact) mass is 364 g/mol. The van der Waals surface area contributed by atoms with Gasteiger partial charge in [0.15, 0.2) is 0 Å². The predicted octanol–water partition coefficient (Wildman–Crippen LogP) is -0.471. The van der Waals surface area contributed by atoms with Gasteiger partial charge in [0.1, 0.15) is 0 Å². The van der Waals surface area contributed by atoms with Gasteiger partial charge in [-0.15, -0.1) is 0 Å². The van der Waals surface area contributed by atoms with Crippen LogP contribution in [0.2, 0.25) is 0 Å². The normalized spacial score (nSPS) is 12.1. The molecule has 0 unspecified atom stereocenters. The molecule has 0 radical (unpaired) electrons. The SMILES string of the molecule is C[N+](C)(C)c1ccc([As](SCC[NH3+])SCC[NH3+])cc1. The van der Waals surface area contributed by atoms with Crippen LogP contribution >= 0.6 is 20.0 Å². The maximum atomic E-state index is 3.96. The number of rotatable bonds is 8. The summed E-state index contributed by atoms with van der Waals surface area (Å²) in [7, 11) is 10.9. The van der Waals surface area contributed by atoms with Crippen LogP contribution in [-0.2, 0) is 0 Å². The zero-order valence-corrected chi connectivity index (χ0v) is 15.8. The summed E-state index contributed by atoms with van der Waals surface area (Å²) in [5, 5.41) is 0. The van der Waals surface area contributed by atoms with Crippen molar-refractivity contribution >= 4 is 42.4 Å². The first kappa shape index (κ1) is 17.4. The zero-order valence-electron chi connectivity index (χ0n) is 12.3. The van der Waals surface area contributed by atoms with Crippen LogP contribution in [0, 0.1) is 0 Å². The van der Waals surface area contributed by atoms with Crippen molar-refractivity contribution in [3.8, 4) is 0 Å². The molecule has 0 spiro atoms. The third-order valence-electron chi connectivity index (χ3n) is 2.54. The molecular weight excluding hydrogens is 337 g/mol. The summed E-state index contributed by atoms with van der Waals surface area (Å²) in [6, 6.07) is 9.25. The van der Waals surface area contributed by atoms with Gasteiger partial charge in [-0.05, 0) is 0 Å². The first-order valence-corrected chi connectivity index (χ1v) is 14.0. The summed E-state index contributed by atoms with van der Waals surface area (Å²) >= 11 is -1.03. The fraction of sp³-hybridized carbons (Fsp3) is 0.538. The van der Waals surface area contributed by atoms with Crippen LogP contribution in [-0.4, -0.2) is 58.1 Å². The Kier molecular flexibility index (Phi) is 7.88. The van der Waals surface area contributed by atoms with Crippen molar-refractivity contribution in [2.45, 2.75) is 0 Å². The van der Waals surface area contributed by atoms with Crippen LogP contribution < -0.4 is 20.3 Å². The Morgan fingerprint density at radius 1 is 0.947 bits per heavy atom. The van der Waals surface area contributed by atoms with Crippen molar-refractivity contribution < 1.29 is 11.5 Å². The van der Waals surface area contributed by atoms with E-state index < -0.39 is 12.3 Å². The Morgan fingerprint density at radius 3 is 1.79 bits per heavy atom. The van der Waals surface area contributed by atoms with E-state index in [2.05, 4.69) is 76.9 Å². The molecule has 0 atom stereocenters. The second-order valence-corrected chi connectivity index (χ2v) is 16.9. The van der Waals surface area contributed by atoms with E-state index in [1.54, 1.807) is 4.35 Å². The van der Waals surface area contributed by atoms with E-state index in [1.807, 2.05) is 0 Å². The standard InChI is InChI=1S/C13H25AsN3S2/c1-17(2,3)13-6-4-12(5-7-13)14(18-10-8-15)19-11-9-16/h4-7H,8-11,15-16H2,1-3H3/q+1/p+2. The maximum absolute atomic E-state index is 3.96. The molecule has 108 valence electrons. The molecular formula is C13H27AsN3S2+3. The van der Waals surface area contributed by atoms with Crippen LogP contribution in [0.1, 0.15) is 0 Å². The molecule has 19 heavy (non-hydrogen) atoms. The van der Waals surface area contributed by atoms with Crippen LogP contribution in [0.4, 0.5) is 5.69 Å². The van der Waals surface area contributed by atoms with Crippen molar-refractivity contribution in [3.05, 3.63) is 24.3 Å². The molecule has 0 saturated carbocycles. The summed E-state index contributed by atoms with van der Waals surface area (Å²) in [6.07, 6.45) is 0. The second kappa shape index (κ2) is 8.60. The summed E-state index contributed by atoms with van der Waals surface area (Å²) in [5.74, 6) is 2.36.